The van der Waals surface area contributed by atoms with Crippen LogP contribution in [0.1, 0.15) is 29.5 Å². The highest BCUT2D eigenvalue weighted by Gasteiger charge is 2.12. The van der Waals surface area contributed by atoms with E-state index in [1.165, 1.54) is 5.56 Å². The number of methoxy groups -OCH3 is 1. The maximum Gasteiger partial charge on any atom is 0.294 e. The molecule has 0 aliphatic rings. The molecule has 0 aliphatic heterocycles. The summed E-state index contributed by atoms with van der Waals surface area (Å²) in [5, 5.41) is 2.92. The van der Waals surface area contributed by atoms with E-state index in [2.05, 4.69) is 29.4 Å². The van der Waals surface area contributed by atoms with Crippen molar-refractivity contribution in [2.45, 2.75) is 26.7 Å². The Hall–Kier alpha value is -1.97. The van der Waals surface area contributed by atoms with Gasteiger partial charge in [-0.05, 0) is 25.0 Å². The van der Waals surface area contributed by atoms with Crippen molar-refractivity contribution in [1.29, 1.82) is 0 Å². The van der Waals surface area contributed by atoms with E-state index in [9.17, 15) is 0 Å². The number of ether oxygens (including phenoxy) is 1. The minimum Gasteiger partial charge on any atom is -0.496 e. The summed E-state index contributed by atoms with van der Waals surface area (Å²) < 4.78 is 11.1. The summed E-state index contributed by atoms with van der Waals surface area (Å²) in [5.74, 6) is 1.76. The molecule has 4 nitrogen and oxygen atoms in total. The second kappa shape index (κ2) is 5.78. The monoisotopic (exact) mass is 260 g/mol. The number of hydrogen-bond donors (Lipinski definition) is 1. The SMILES string of the molecule is CCc1ccc(OC)c(Cc2oc(NC)nc2C)c1. The number of nitrogens with zero attached hydrogens (tertiary/aromatic N) is 1. The third-order valence-electron chi connectivity index (χ3n) is 3.21. The molecule has 102 valence electrons. The lowest BCUT2D eigenvalue weighted by atomic mass is 10.0. The smallest absolute Gasteiger partial charge is 0.294 e. The van der Waals surface area contributed by atoms with Crippen molar-refractivity contribution in [3.63, 3.8) is 0 Å². The van der Waals surface area contributed by atoms with Gasteiger partial charge in [0.15, 0.2) is 0 Å². The molecule has 0 bridgehead atoms. The van der Waals surface area contributed by atoms with Gasteiger partial charge in [-0.1, -0.05) is 19.1 Å². The quantitative estimate of drug-likeness (QED) is 0.897. The van der Waals surface area contributed by atoms with E-state index in [-0.39, 0.29) is 0 Å². The van der Waals surface area contributed by atoms with Crippen LogP contribution < -0.4 is 10.1 Å². The van der Waals surface area contributed by atoms with Crippen molar-refractivity contribution in [2.24, 2.45) is 0 Å². The molecule has 1 heterocycles. The van der Waals surface area contributed by atoms with E-state index in [1.54, 1.807) is 14.2 Å². The first kappa shape index (κ1) is 13.5. The van der Waals surface area contributed by atoms with Crippen LogP contribution in [0.15, 0.2) is 22.6 Å². The summed E-state index contributed by atoms with van der Waals surface area (Å²) in [6.07, 6.45) is 1.70. The van der Waals surface area contributed by atoms with Crippen LogP contribution in [0.5, 0.6) is 5.75 Å². The average Bonchev–Trinajstić information content (AvgIpc) is 2.79. The number of aromatic nitrogens is 1. The van der Waals surface area contributed by atoms with Gasteiger partial charge in [-0.3, -0.25) is 0 Å². The van der Waals surface area contributed by atoms with Crippen molar-refractivity contribution < 1.29 is 9.15 Å². The number of oxazole rings is 1. The summed E-state index contributed by atoms with van der Waals surface area (Å²) in [6, 6.07) is 6.82. The van der Waals surface area contributed by atoms with Crippen LogP contribution in [0.2, 0.25) is 0 Å². The Labute approximate surface area is 113 Å². The van der Waals surface area contributed by atoms with E-state index >= 15 is 0 Å². The van der Waals surface area contributed by atoms with Gasteiger partial charge in [-0.2, -0.15) is 4.98 Å². The maximum atomic E-state index is 5.66. The molecule has 0 saturated heterocycles. The third kappa shape index (κ3) is 2.89. The van der Waals surface area contributed by atoms with Crippen LogP contribution in [0, 0.1) is 6.92 Å². The fourth-order valence-corrected chi connectivity index (χ4v) is 2.06. The molecule has 1 aromatic carbocycles. The highest BCUT2D eigenvalue weighted by Crippen LogP contribution is 2.25. The molecule has 1 N–H and O–H groups in total. The molecule has 1 aromatic heterocycles. The van der Waals surface area contributed by atoms with Crippen LogP contribution >= 0.6 is 0 Å². The Balaban J connectivity index is 2.33. The number of anilines is 1. The molecular weight excluding hydrogens is 240 g/mol. The molecular formula is C15H20N2O2. The van der Waals surface area contributed by atoms with E-state index in [1.807, 2.05) is 13.0 Å². The van der Waals surface area contributed by atoms with Crippen LogP contribution in [0.4, 0.5) is 6.01 Å². The van der Waals surface area contributed by atoms with Gasteiger partial charge >= 0.3 is 0 Å². The second-order valence-corrected chi connectivity index (χ2v) is 4.45. The van der Waals surface area contributed by atoms with Crippen LogP contribution in [0.3, 0.4) is 0 Å². The Morgan fingerprint density at radius 3 is 2.74 bits per heavy atom. The van der Waals surface area contributed by atoms with Gasteiger partial charge < -0.3 is 14.5 Å². The Morgan fingerprint density at radius 2 is 2.16 bits per heavy atom. The van der Waals surface area contributed by atoms with Crippen molar-refractivity contribution in [3.8, 4) is 5.75 Å². The zero-order chi connectivity index (χ0) is 13.8. The van der Waals surface area contributed by atoms with E-state index in [0.717, 1.165) is 29.2 Å². The molecule has 0 atom stereocenters. The first-order valence-electron chi connectivity index (χ1n) is 6.47. The standard InChI is InChI=1S/C15H20N2O2/c1-5-11-6-7-13(18-4)12(8-11)9-14-10(2)17-15(16-3)19-14/h6-8H,5,9H2,1-4H3,(H,16,17). The number of hydrogen-bond acceptors (Lipinski definition) is 4. The van der Waals surface area contributed by atoms with Crippen LogP contribution in [0.25, 0.3) is 0 Å². The average molecular weight is 260 g/mol. The number of rotatable bonds is 5. The minimum absolute atomic E-state index is 0.554. The van der Waals surface area contributed by atoms with Crippen molar-refractivity contribution >= 4 is 6.01 Å². The molecule has 0 aliphatic carbocycles. The fourth-order valence-electron chi connectivity index (χ4n) is 2.06. The molecule has 0 saturated carbocycles. The Bertz CT molecular complexity index is 561. The molecule has 0 radical (unpaired) electrons. The molecule has 0 unspecified atom stereocenters. The van der Waals surface area contributed by atoms with Crippen molar-refractivity contribution in [1.82, 2.24) is 4.98 Å². The summed E-state index contributed by atoms with van der Waals surface area (Å²) >= 11 is 0. The van der Waals surface area contributed by atoms with Gasteiger partial charge in [0.2, 0.25) is 0 Å². The number of benzene rings is 1. The molecule has 19 heavy (non-hydrogen) atoms. The molecule has 2 rings (SSSR count). The first-order chi connectivity index (χ1) is 9.17. The van der Waals surface area contributed by atoms with Crippen molar-refractivity contribution in [3.05, 3.63) is 40.8 Å². The zero-order valence-electron chi connectivity index (χ0n) is 11.9. The molecule has 2 aromatic rings. The molecule has 4 heteroatoms. The summed E-state index contributed by atoms with van der Waals surface area (Å²) in [7, 11) is 3.49. The zero-order valence-corrected chi connectivity index (χ0v) is 11.9. The summed E-state index contributed by atoms with van der Waals surface area (Å²) in [6.45, 7) is 4.10. The van der Waals surface area contributed by atoms with E-state index < -0.39 is 0 Å². The van der Waals surface area contributed by atoms with E-state index in [0.29, 0.717) is 12.4 Å². The minimum atomic E-state index is 0.554. The molecule has 0 amide bonds. The van der Waals surface area contributed by atoms with Gasteiger partial charge in [0.1, 0.15) is 11.5 Å². The molecule has 0 spiro atoms. The third-order valence-corrected chi connectivity index (χ3v) is 3.21. The fraction of sp³-hybridized carbons (Fsp3) is 0.400. The summed E-state index contributed by atoms with van der Waals surface area (Å²) in [4.78, 5) is 4.30. The van der Waals surface area contributed by atoms with Crippen LogP contribution in [-0.4, -0.2) is 19.1 Å². The Morgan fingerprint density at radius 1 is 1.37 bits per heavy atom. The second-order valence-electron chi connectivity index (χ2n) is 4.45. The normalized spacial score (nSPS) is 10.5. The lowest BCUT2D eigenvalue weighted by Gasteiger charge is -2.09. The predicted molar refractivity (Wildman–Crippen MR) is 76.0 cm³/mol. The Kier molecular flexibility index (Phi) is 4.10. The van der Waals surface area contributed by atoms with Gasteiger partial charge in [-0.15, -0.1) is 0 Å². The highest BCUT2D eigenvalue weighted by molar-refractivity contribution is 5.40. The van der Waals surface area contributed by atoms with Gasteiger partial charge in [0.25, 0.3) is 6.01 Å². The first-order valence-corrected chi connectivity index (χ1v) is 6.47. The topological polar surface area (TPSA) is 47.3 Å². The largest absolute Gasteiger partial charge is 0.496 e. The maximum absolute atomic E-state index is 5.66. The number of nitrogens with one attached hydrogen (secondary N) is 1. The van der Waals surface area contributed by atoms with Gasteiger partial charge in [0.05, 0.1) is 12.8 Å². The lowest BCUT2D eigenvalue weighted by molar-refractivity contribution is 0.408. The van der Waals surface area contributed by atoms with Gasteiger partial charge in [0, 0.05) is 19.0 Å². The summed E-state index contributed by atoms with van der Waals surface area (Å²) in [5.41, 5.74) is 3.33. The van der Waals surface area contributed by atoms with Crippen LogP contribution in [-0.2, 0) is 12.8 Å². The highest BCUT2D eigenvalue weighted by atomic mass is 16.5. The molecule has 0 fully saturated rings. The van der Waals surface area contributed by atoms with E-state index in [4.69, 9.17) is 9.15 Å². The predicted octanol–water partition coefficient (Wildman–Crippen LogP) is 3.19. The number of aryl methyl sites for hydroxylation is 2. The lowest BCUT2D eigenvalue weighted by Crippen LogP contribution is -1.96. The van der Waals surface area contributed by atoms with Crippen molar-refractivity contribution in [2.75, 3.05) is 19.5 Å². The van der Waals surface area contributed by atoms with Gasteiger partial charge in [-0.25, -0.2) is 0 Å².